The minimum atomic E-state index is -0.357. The van der Waals surface area contributed by atoms with Crippen LogP contribution >= 0.6 is 0 Å². The van der Waals surface area contributed by atoms with Gasteiger partial charge >= 0.3 is 12.0 Å². The molecule has 1 saturated heterocycles. The summed E-state index contributed by atoms with van der Waals surface area (Å²) in [6.45, 7) is 3.21. The number of anilines is 1. The molecule has 0 spiro atoms. The van der Waals surface area contributed by atoms with Crippen LogP contribution in [0.3, 0.4) is 0 Å². The molecule has 0 aromatic heterocycles. The Hall–Kier alpha value is -2.77. The fourth-order valence-corrected chi connectivity index (χ4v) is 2.74. The van der Waals surface area contributed by atoms with E-state index in [1.165, 1.54) is 0 Å². The van der Waals surface area contributed by atoms with E-state index < -0.39 is 0 Å². The van der Waals surface area contributed by atoms with E-state index in [-0.39, 0.29) is 36.8 Å². The van der Waals surface area contributed by atoms with Crippen LogP contribution in [0.4, 0.5) is 10.5 Å². The van der Waals surface area contributed by atoms with Gasteiger partial charge < -0.3 is 25.0 Å². The Labute approximate surface area is 152 Å². The van der Waals surface area contributed by atoms with Gasteiger partial charge in [0.25, 0.3) is 0 Å². The number of rotatable bonds is 8. The van der Waals surface area contributed by atoms with E-state index in [9.17, 15) is 14.4 Å². The smallest absolute Gasteiger partial charge is 0.314 e. The molecule has 1 heterocycles. The van der Waals surface area contributed by atoms with Crippen molar-refractivity contribution in [3.05, 3.63) is 24.3 Å². The summed E-state index contributed by atoms with van der Waals surface area (Å²) in [6, 6.07) is 6.95. The van der Waals surface area contributed by atoms with E-state index in [4.69, 9.17) is 9.47 Å². The van der Waals surface area contributed by atoms with Crippen molar-refractivity contribution in [3.8, 4) is 5.75 Å². The lowest BCUT2D eigenvalue weighted by Crippen LogP contribution is -2.39. The van der Waals surface area contributed by atoms with Gasteiger partial charge in [0, 0.05) is 37.7 Å². The molecule has 1 aromatic rings. The van der Waals surface area contributed by atoms with Crippen LogP contribution in [0.25, 0.3) is 0 Å². The molecule has 3 amide bonds. The van der Waals surface area contributed by atoms with Crippen LogP contribution in [-0.2, 0) is 14.3 Å². The minimum absolute atomic E-state index is 0.0321. The van der Waals surface area contributed by atoms with Gasteiger partial charge in [-0.3, -0.25) is 9.59 Å². The first-order chi connectivity index (χ1) is 12.5. The van der Waals surface area contributed by atoms with E-state index in [0.29, 0.717) is 26.1 Å². The normalized spacial score (nSPS) is 16.3. The van der Waals surface area contributed by atoms with E-state index in [2.05, 4.69) is 10.6 Å². The topological polar surface area (TPSA) is 97.0 Å². The number of carbonyl (C=O) groups excluding carboxylic acids is 3. The van der Waals surface area contributed by atoms with Crippen molar-refractivity contribution in [3.63, 3.8) is 0 Å². The molecule has 142 valence electrons. The highest BCUT2D eigenvalue weighted by Gasteiger charge is 2.30. The average Bonchev–Trinajstić information content (AvgIpc) is 3.01. The fraction of sp³-hybridized carbons (Fsp3) is 0.500. The van der Waals surface area contributed by atoms with Gasteiger partial charge in [-0.05, 0) is 31.2 Å². The Bertz CT molecular complexity index is 632. The van der Waals surface area contributed by atoms with Gasteiger partial charge in [0.1, 0.15) is 5.75 Å². The van der Waals surface area contributed by atoms with E-state index in [0.717, 1.165) is 11.4 Å². The zero-order chi connectivity index (χ0) is 18.9. The van der Waals surface area contributed by atoms with Crippen molar-refractivity contribution in [2.24, 2.45) is 5.92 Å². The number of esters is 1. The second-order valence-electron chi connectivity index (χ2n) is 5.96. The number of amides is 3. The molecule has 1 aromatic carbocycles. The van der Waals surface area contributed by atoms with Crippen LogP contribution < -0.4 is 20.3 Å². The van der Waals surface area contributed by atoms with E-state index in [1.54, 1.807) is 18.9 Å². The van der Waals surface area contributed by atoms with Crippen molar-refractivity contribution in [2.75, 3.05) is 38.3 Å². The van der Waals surface area contributed by atoms with E-state index in [1.807, 2.05) is 24.3 Å². The highest BCUT2D eigenvalue weighted by molar-refractivity contribution is 5.95. The van der Waals surface area contributed by atoms with E-state index >= 15 is 0 Å². The summed E-state index contributed by atoms with van der Waals surface area (Å²) in [7, 11) is 1.59. The monoisotopic (exact) mass is 363 g/mol. The number of benzene rings is 1. The van der Waals surface area contributed by atoms with Gasteiger partial charge in [-0.15, -0.1) is 0 Å². The molecule has 1 atom stereocenters. The summed E-state index contributed by atoms with van der Waals surface area (Å²) >= 11 is 0. The summed E-state index contributed by atoms with van der Waals surface area (Å²) in [5, 5.41) is 5.34. The third-order valence-electron chi connectivity index (χ3n) is 4.06. The molecule has 2 rings (SSSR count). The maximum Gasteiger partial charge on any atom is 0.314 e. The number of methoxy groups -OCH3 is 1. The number of carbonyl (C=O) groups is 3. The molecule has 8 nitrogen and oxygen atoms in total. The predicted molar refractivity (Wildman–Crippen MR) is 96.1 cm³/mol. The zero-order valence-electron chi connectivity index (χ0n) is 15.1. The molecular formula is C18H25N3O5. The zero-order valence-corrected chi connectivity index (χ0v) is 15.1. The Morgan fingerprint density at radius 2 is 1.96 bits per heavy atom. The minimum Gasteiger partial charge on any atom is -0.497 e. The SMILES string of the molecule is CCOC(=O)CCNC(=O)NCC1CC(=O)N(c2ccc(OC)cc2)C1. The third-order valence-corrected chi connectivity index (χ3v) is 4.06. The molecule has 1 unspecified atom stereocenters. The summed E-state index contributed by atoms with van der Waals surface area (Å²) in [5.74, 6) is 0.465. The molecule has 1 aliphatic heterocycles. The number of hydrogen-bond acceptors (Lipinski definition) is 5. The first kappa shape index (κ1) is 19.6. The highest BCUT2D eigenvalue weighted by Crippen LogP contribution is 2.26. The maximum atomic E-state index is 12.2. The molecule has 1 fully saturated rings. The van der Waals surface area contributed by atoms with Crippen LogP contribution in [0.5, 0.6) is 5.75 Å². The second-order valence-corrected chi connectivity index (χ2v) is 5.96. The molecule has 0 aliphatic carbocycles. The van der Waals surface area contributed by atoms with Gasteiger partial charge in [-0.25, -0.2) is 4.79 Å². The number of ether oxygens (including phenoxy) is 2. The van der Waals surface area contributed by atoms with Crippen molar-refractivity contribution in [2.45, 2.75) is 19.8 Å². The van der Waals surface area contributed by atoms with Gasteiger partial charge in [0.05, 0.1) is 20.1 Å². The Morgan fingerprint density at radius 3 is 2.62 bits per heavy atom. The van der Waals surface area contributed by atoms with Crippen LogP contribution in [0.2, 0.25) is 0 Å². The summed E-state index contributed by atoms with van der Waals surface area (Å²) in [5.41, 5.74) is 0.817. The summed E-state index contributed by atoms with van der Waals surface area (Å²) in [6.07, 6.45) is 0.517. The van der Waals surface area contributed by atoms with Gasteiger partial charge in [-0.2, -0.15) is 0 Å². The average molecular weight is 363 g/mol. The summed E-state index contributed by atoms with van der Waals surface area (Å²) < 4.78 is 9.90. The van der Waals surface area contributed by atoms with Crippen molar-refractivity contribution < 1.29 is 23.9 Å². The maximum absolute atomic E-state index is 12.2. The lowest BCUT2D eigenvalue weighted by atomic mass is 10.1. The van der Waals surface area contributed by atoms with Gasteiger partial charge in [0.2, 0.25) is 5.91 Å². The molecule has 8 heteroatoms. The lowest BCUT2D eigenvalue weighted by molar-refractivity contribution is -0.142. The number of hydrogen-bond donors (Lipinski definition) is 2. The standard InChI is InChI=1S/C18H25N3O5/c1-3-26-17(23)8-9-19-18(24)20-11-13-10-16(22)21(12-13)14-4-6-15(25-2)7-5-14/h4-7,13H,3,8-12H2,1-2H3,(H2,19,20,24). The molecule has 0 bridgehead atoms. The molecule has 0 saturated carbocycles. The first-order valence-corrected chi connectivity index (χ1v) is 8.65. The number of nitrogens with zero attached hydrogens (tertiary/aromatic N) is 1. The predicted octanol–water partition coefficient (Wildman–Crippen LogP) is 1.30. The molecule has 2 N–H and O–H groups in total. The lowest BCUT2D eigenvalue weighted by Gasteiger charge is -2.17. The Balaban J connectivity index is 1.73. The second kappa shape index (κ2) is 9.65. The molecule has 0 radical (unpaired) electrons. The summed E-state index contributed by atoms with van der Waals surface area (Å²) in [4.78, 5) is 36.9. The Kier molecular flexibility index (Phi) is 7.25. The van der Waals surface area contributed by atoms with Crippen LogP contribution in [-0.4, -0.2) is 51.3 Å². The number of urea groups is 1. The third kappa shape index (κ3) is 5.65. The molecule has 26 heavy (non-hydrogen) atoms. The Morgan fingerprint density at radius 1 is 1.23 bits per heavy atom. The van der Waals surface area contributed by atoms with Crippen LogP contribution in [0, 0.1) is 5.92 Å². The fourth-order valence-electron chi connectivity index (χ4n) is 2.74. The van der Waals surface area contributed by atoms with Crippen molar-refractivity contribution >= 4 is 23.6 Å². The molecule has 1 aliphatic rings. The van der Waals surface area contributed by atoms with Crippen molar-refractivity contribution in [1.29, 1.82) is 0 Å². The van der Waals surface area contributed by atoms with Gasteiger partial charge in [0.15, 0.2) is 0 Å². The van der Waals surface area contributed by atoms with Crippen LogP contribution in [0.15, 0.2) is 24.3 Å². The largest absolute Gasteiger partial charge is 0.497 e. The van der Waals surface area contributed by atoms with Crippen molar-refractivity contribution in [1.82, 2.24) is 10.6 Å². The highest BCUT2D eigenvalue weighted by atomic mass is 16.5. The molecular weight excluding hydrogens is 338 g/mol. The quantitative estimate of drug-likeness (QED) is 0.679. The van der Waals surface area contributed by atoms with Crippen LogP contribution in [0.1, 0.15) is 19.8 Å². The van der Waals surface area contributed by atoms with Gasteiger partial charge in [-0.1, -0.05) is 0 Å². The first-order valence-electron chi connectivity index (χ1n) is 8.65. The number of nitrogens with one attached hydrogen (secondary N) is 2.